The average molecular weight is 338 g/mol. The summed E-state index contributed by atoms with van der Waals surface area (Å²) in [5, 5.41) is 13.2. The predicted molar refractivity (Wildman–Crippen MR) is 87.3 cm³/mol. The number of carboxylic acid groups (broad SMARTS) is 1. The fraction of sp³-hybridized carbons (Fsp3) is 0.438. The Kier molecular flexibility index (Phi) is 5.74. The van der Waals surface area contributed by atoms with Gasteiger partial charge in [-0.05, 0) is 26.3 Å². The summed E-state index contributed by atoms with van der Waals surface area (Å²) < 4.78 is 5.38. The first-order valence-corrected chi connectivity index (χ1v) is 7.51. The van der Waals surface area contributed by atoms with Gasteiger partial charge in [0.1, 0.15) is 0 Å². The van der Waals surface area contributed by atoms with Crippen LogP contribution in [-0.2, 0) is 4.79 Å². The summed E-state index contributed by atoms with van der Waals surface area (Å²) >= 11 is 0. The van der Waals surface area contributed by atoms with Crippen LogP contribution in [0.2, 0.25) is 0 Å². The summed E-state index contributed by atoms with van der Waals surface area (Å²) in [6.45, 7) is 3.36. The van der Waals surface area contributed by atoms with Gasteiger partial charge >= 0.3 is 5.97 Å². The molecule has 1 aliphatic heterocycles. The molecule has 1 aromatic heterocycles. The molecule has 1 aromatic carbocycles. The third-order valence-electron chi connectivity index (χ3n) is 4.18. The molecule has 0 bridgehead atoms. The number of aliphatic carboxylic acids is 1. The maximum atomic E-state index is 11.2. The molecule has 0 saturated carbocycles. The maximum absolute atomic E-state index is 11.2. The Morgan fingerprint density at radius 3 is 2.83 bits per heavy atom. The molecule has 1 aliphatic rings. The van der Waals surface area contributed by atoms with Gasteiger partial charge in [0, 0.05) is 12.1 Å². The third kappa shape index (κ3) is 3.89. The van der Waals surface area contributed by atoms with Crippen LogP contribution in [0.3, 0.4) is 0 Å². The van der Waals surface area contributed by atoms with E-state index < -0.39 is 5.97 Å². The van der Waals surface area contributed by atoms with Gasteiger partial charge in [0.05, 0.1) is 12.0 Å². The number of hydrogen-bond acceptors (Lipinski definition) is 5. The number of aromatic nitrogens is 2. The maximum Gasteiger partial charge on any atom is 0.307 e. The van der Waals surface area contributed by atoms with Crippen LogP contribution < -0.4 is 0 Å². The van der Waals surface area contributed by atoms with Gasteiger partial charge < -0.3 is 9.63 Å². The van der Waals surface area contributed by atoms with Crippen molar-refractivity contribution < 1.29 is 14.4 Å². The van der Waals surface area contributed by atoms with Crippen LogP contribution in [0.1, 0.15) is 31.7 Å². The van der Waals surface area contributed by atoms with Crippen molar-refractivity contribution in [1.29, 1.82) is 0 Å². The van der Waals surface area contributed by atoms with Crippen LogP contribution in [0, 0.1) is 5.92 Å². The number of rotatable bonds is 4. The Morgan fingerprint density at radius 2 is 2.13 bits per heavy atom. The molecule has 1 fully saturated rings. The van der Waals surface area contributed by atoms with Crippen molar-refractivity contribution in [2.75, 3.05) is 13.1 Å². The van der Waals surface area contributed by atoms with Crippen molar-refractivity contribution in [2.45, 2.75) is 25.8 Å². The molecule has 2 aromatic rings. The molecular formula is C16H20ClN3O3. The number of likely N-dealkylation sites (tertiary alicyclic amines) is 1. The zero-order chi connectivity index (χ0) is 15.5. The van der Waals surface area contributed by atoms with Crippen LogP contribution in [0.4, 0.5) is 0 Å². The smallest absolute Gasteiger partial charge is 0.307 e. The van der Waals surface area contributed by atoms with Crippen molar-refractivity contribution in [2.24, 2.45) is 5.92 Å². The number of piperidine rings is 1. The second-order valence-corrected chi connectivity index (χ2v) is 5.67. The first-order chi connectivity index (χ1) is 10.6. The summed E-state index contributed by atoms with van der Waals surface area (Å²) in [6.07, 6.45) is 1.61. The van der Waals surface area contributed by atoms with Crippen molar-refractivity contribution in [3.05, 3.63) is 36.2 Å². The zero-order valence-electron chi connectivity index (χ0n) is 12.9. The molecule has 0 radical (unpaired) electrons. The molecule has 0 aliphatic carbocycles. The molecule has 1 saturated heterocycles. The van der Waals surface area contributed by atoms with Gasteiger partial charge in [-0.1, -0.05) is 35.5 Å². The van der Waals surface area contributed by atoms with Gasteiger partial charge in [-0.15, -0.1) is 12.4 Å². The molecule has 7 heteroatoms. The van der Waals surface area contributed by atoms with Gasteiger partial charge in [-0.25, -0.2) is 0 Å². The lowest BCUT2D eigenvalue weighted by Crippen LogP contribution is -2.40. The van der Waals surface area contributed by atoms with Crippen molar-refractivity contribution in [3.63, 3.8) is 0 Å². The van der Waals surface area contributed by atoms with Gasteiger partial charge in [-0.3, -0.25) is 9.69 Å². The number of nitrogens with zero attached hydrogens (tertiary/aromatic N) is 3. The topological polar surface area (TPSA) is 79.5 Å². The lowest BCUT2D eigenvalue weighted by atomic mass is 9.97. The first kappa shape index (κ1) is 17.4. The molecule has 124 valence electrons. The van der Waals surface area contributed by atoms with Crippen LogP contribution in [0.15, 0.2) is 34.9 Å². The van der Waals surface area contributed by atoms with Gasteiger partial charge in [0.2, 0.25) is 11.7 Å². The molecule has 1 N–H and O–H groups in total. The Balaban J connectivity index is 0.00000192. The van der Waals surface area contributed by atoms with E-state index in [-0.39, 0.29) is 24.4 Å². The Labute approximate surface area is 140 Å². The van der Waals surface area contributed by atoms with E-state index in [1.807, 2.05) is 37.3 Å². The van der Waals surface area contributed by atoms with Crippen molar-refractivity contribution in [3.8, 4) is 11.4 Å². The minimum Gasteiger partial charge on any atom is -0.481 e. The fourth-order valence-electron chi connectivity index (χ4n) is 2.83. The molecule has 0 amide bonds. The molecule has 6 nitrogen and oxygen atoms in total. The second-order valence-electron chi connectivity index (χ2n) is 5.67. The zero-order valence-corrected chi connectivity index (χ0v) is 13.7. The summed E-state index contributed by atoms with van der Waals surface area (Å²) in [5.74, 6) is 0.0549. The minimum absolute atomic E-state index is 0. The number of carbonyl (C=O) groups is 1. The van der Waals surface area contributed by atoms with E-state index in [1.54, 1.807) is 0 Å². The number of carboxylic acids is 1. The Bertz CT molecular complexity index is 647. The van der Waals surface area contributed by atoms with Crippen LogP contribution in [-0.4, -0.2) is 39.2 Å². The van der Waals surface area contributed by atoms with E-state index in [0.717, 1.165) is 24.9 Å². The monoisotopic (exact) mass is 337 g/mol. The summed E-state index contributed by atoms with van der Waals surface area (Å²) in [5.41, 5.74) is 0.909. The Morgan fingerprint density at radius 1 is 1.39 bits per heavy atom. The van der Waals surface area contributed by atoms with Crippen molar-refractivity contribution in [1.82, 2.24) is 15.0 Å². The molecular weight excluding hydrogens is 318 g/mol. The number of halogens is 1. The molecule has 2 atom stereocenters. The van der Waals surface area contributed by atoms with E-state index in [0.29, 0.717) is 18.3 Å². The van der Waals surface area contributed by atoms with Gasteiger partial charge in [-0.2, -0.15) is 4.98 Å². The normalized spacial score (nSPS) is 19.8. The number of benzene rings is 1. The van der Waals surface area contributed by atoms with Crippen LogP contribution in [0.25, 0.3) is 11.4 Å². The first-order valence-electron chi connectivity index (χ1n) is 7.51. The highest BCUT2D eigenvalue weighted by atomic mass is 35.5. The highest BCUT2D eigenvalue weighted by Gasteiger charge is 2.30. The lowest BCUT2D eigenvalue weighted by molar-refractivity contribution is -0.144. The van der Waals surface area contributed by atoms with Gasteiger partial charge in [0.25, 0.3) is 0 Å². The van der Waals surface area contributed by atoms with E-state index in [2.05, 4.69) is 15.0 Å². The third-order valence-corrected chi connectivity index (χ3v) is 4.18. The predicted octanol–water partition coefficient (Wildman–Crippen LogP) is 3.02. The second kappa shape index (κ2) is 7.57. The fourth-order valence-corrected chi connectivity index (χ4v) is 2.83. The quantitative estimate of drug-likeness (QED) is 0.923. The number of hydrogen-bond donors (Lipinski definition) is 1. The highest BCUT2D eigenvalue weighted by molar-refractivity contribution is 5.85. The van der Waals surface area contributed by atoms with E-state index >= 15 is 0 Å². The summed E-state index contributed by atoms with van der Waals surface area (Å²) in [7, 11) is 0. The van der Waals surface area contributed by atoms with E-state index in [1.165, 1.54) is 0 Å². The molecule has 2 heterocycles. The minimum atomic E-state index is -0.729. The molecule has 23 heavy (non-hydrogen) atoms. The highest BCUT2D eigenvalue weighted by Crippen LogP contribution is 2.27. The Hall–Kier alpha value is -1.92. The van der Waals surface area contributed by atoms with Crippen LogP contribution in [0.5, 0.6) is 0 Å². The molecule has 2 unspecified atom stereocenters. The van der Waals surface area contributed by atoms with Gasteiger partial charge in [0.15, 0.2) is 0 Å². The molecule has 3 rings (SSSR count). The standard InChI is InChI=1S/C16H19N3O3.ClH/c1-11(19-9-5-8-13(10-19)16(20)21)15-17-14(18-22-15)12-6-3-2-4-7-12;/h2-4,6-7,11,13H,5,8-10H2,1H3,(H,20,21);1H. The summed E-state index contributed by atoms with van der Waals surface area (Å²) in [4.78, 5) is 17.7. The van der Waals surface area contributed by atoms with E-state index in [9.17, 15) is 9.90 Å². The van der Waals surface area contributed by atoms with E-state index in [4.69, 9.17) is 4.52 Å². The largest absolute Gasteiger partial charge is 0.481 e. The summed E-state index contributed by atoms with van der Waals surface area (Å²) in [6, 6.07) is 9.58. The average Bonchev–Trinajstić information content (AvgIpc) is 3.05. The SMILES string of the molecule is CC(c1nc(-c2ccccc2)no1)N1CCCC(C(=O)O)C1.Cl. The molecule has 0 spiro atoms. The lowest BCUT2D eigenvalue weighted by Gasteiger charge is -2.33. The van der Waals surface area contributed by atoms with Crippen molar-refractivity contribution >= 4 is 18.4 Å². The van der Waals surface area contributed by atoms with Crippen LogP contribution >= 0.6 is 12.4 Å².